The Morgan fingerprint density at radius 3 is 3.11 bits per heavy atom. The molecule has 1 N–H and O–H groups in total. The summed E-state index contributed by atoms with van der Waals surface area (Å²) in [6, 6.07) is 7.18. The molecule has 0 bridgehead atoms. The van der Waals surface area contributed by atoms with Gasteiger partial charge in [-0.1, -0.05) is 12.1 Å². The van der Waals surface area contributed by atoms with Gasteiger partial charge in [-0.15, -0.1) is 0 Å². The van der Waals surface area contributed by atoms with Gasteiger partial charge in [0.25, 0.3) is 0 Å². The van der Waals surface area contributed by atoms with Gasteiger partial charge >= 0.3 is 5.97 Å². The molecule has 0 amide bonds. The van der Waals surface area contributed by atoms with Crippen LogP contribution in [0.25, 0.3) is 0 Å². The topological polar surface area (TPSA) is 49.8 Å². The zero-order valence-corrected chi connectivity index (χ0v) is 11.3. The molecule has 1 unspecified atom stereocenters. The molecule has 2 rings (SSSR count). The molecule has 19 heavy (non-hydrogen) atoms. The van der Waals surface area contributed by atoms with Crippen LogP contribution in [-0.2, 0) is 11.3 Å². The maximum Gasteiger partial charge on any atom is 0.335 e. The molecule has 1 aliphatic rings. The highest BCUT2D eigenvalue weighted by atomic mass is 16.5. The van der Waals surface area contributed by atoms with Gasteiger partial charge in [-0.2, -0.15) is 0 Å². The SMILES string of the molecule is CCOC1CCCN(Cc2cccc(C(=O)O)c2)C1. The third-order valence-electron chi connectivity index (χ3n) is 3.44. The summed E-state index contributed by atoms with van der Waals surface area (Å²) in [6.07, 6.45) is 2.59. The van der Waals surface area contributed by atoms with E-state index in [1.165, 1.54) is 0 Å². The highest BCUT2D eigenvalue weighted by Gasteiger charge is 2.20. The average molecular weight is 263 g/mol. The summed E-state index contributed by atoms with van der Waals surface area (Å²) >= 11 is 0. The first-order valence-electron chi connectivity index (χ1n) is 6.85. The summed E-state index contributed by atoms with van der Waals surface area (Å²) in [5.74, 6) is -0.868. The molecule has 1 aromatic rings. The fourth-order valence-electron chi connectivity index (χ4n) is 2.59. The Morgan fingerprint density at radius 2 is 2.37 bits per heavy atom. The molecule has 0 spiro atoms. The van der Waals surface area contributed by atoms with Crippen molar-refractivity contribution in [2.45, 2.75) is 32.4 Å². The predicted octanol–water partition coefficient (Wildman–Crippen LogP) is 2.39. The van der Waals surface area contributed by atoms with E-state index >= 15 is 0 Å². The number of carboxylic acid groups (broad SMARTS) is 1. The summed E-state index contributed by atoms with van der Waals surface area (Å²) in [7, 11) is 0. The Bertz CT molecular complexity index is 431. The van der Waals surface area contributed by atoms with Crippen molar-refractivity contribution in [2.75, 3.05) is 19.7 Å². The number of hydrogen-bond acceptors (Lipinski definition) is 3. The monoisotopic (exact) mass is 263 g/mol. The Hall–Kier alpha value is -1.39. The van der Waals surface area contributed by atoms with E-state index in [1.807, 2.05) is 19.1 Å². The van der Waals surface area contributed by atoms with Gasteiger partial charge in [0, 0.05) is 19.7 Å². The van der Waals surface area contributed by atoms with E-state index in [0.717, 1.165) is 44.6 Å². The van der Waals surface area contributed by atoms with E-state index in [4.69, 9.17) is 9.84 Å². The van der Waals surface area contributed by atoms with E-state index in [2.05, 4.69) is 4.90 Å². The normalized spacial score (nSPS) is 20.4. The fraction of sp³-hybridized carbons (Fsp3) is 0.533. The molecule has 1 fully saturated rings. The van der Waals surface area contributed by atoms with Gasteiger partial charge in [0.05, 0.1) is 11.7 Å². The van der Waals surface area contributed by atoms with E-state index in [9.17, 15) is 4.79 Å². The number of benzene rings is 1. The second-order valence-electron chi connectivity index (χ2n) is 4.96. The van der Waals surface area contributed by atoms with Crippen LogP contribution in [0.2, 0.25) is 0 Å². The number of rotatable bonds is 5. The Kier molecular flexibility index (Phi) is 4.93. The van der Waals surface area contributed by atoms with Crippen LogP contribution in [0.1, 0.15) is 35.7 Å². The van der Waals surface area contributed by atoms with Gasteiger partial charge in [-0.3, -0.25) is 4.90 Å². The maximum atomic E-state index is 10.9. The Balaban J connectivity index is 1.96. The van der Waals surface area contributed by atoms with Crippen LogP contribution in [0.5, 0.6) is 0 Å². The first-order chi connectivity index (χ1) is 9.19. The zero-order valence-electron chi connectivity index (χ0n) is 11.3. The van der Waals surface area contributed by atoms with E-state index < -0.39 is 5.97 Å². The fourth-order valence-corrected chi connectivity index (χ4v) is 2.59. The van der Waals surface area contributed by atoms with Crippen LogP contribution in [0, 0.1) is 0 Å². The summed E-state index contributed by atoms with van der Waals surface area (Å²) < 4.78 is 5.68. The third-order valence-corrected chi connectivity index (χ3v) is 3.44. The quantitative estimate of drug-likeness (QED) is 0.886. The summed E-state index contributed by atoms with van der Waals surface area (Å²) in [4.78, 5) is 13.3. The number of ether oxygens (including phenoxy) is 1. The minimum Gasteiger partial charge on any atom is -0.478 e. The lowest BCUT2D eigenvalue weighted by Gasteiger charge is -2.32. The zero-order chi connectivity index (χ0) is 13.7. The van der Waals surface area contributed by atoms with Crippen LogP contribution in [-0.4, -0.2) is 41.8 Å². The molecule has 0 aromatic heterocycles. The molecule has 4 nitrogen and oxygen atoms in total. The van der Waals surface area contributed by atoms with Crippen LogP contribution < -0.4 is 0 Å². The van der Waals surface area contributed by atoms with E-state index in [1.54, 1.807) is 12.1 Å². The minimum atomic E-state index is -0.868. The molecule has 0 aliphatic carbocycles. The number of likely N-dealkylation sites (tertiary alicyclic amines) is 1. The van der Waals surface area contributed by atoms with Crippen LogP contribution in [0.15, 0.2) is 24.3 Å². The summed E-state index contributed by atoms with van der Waals surface area (Å²) in [5.41, 5.74) is 1.41. The number of carbonyl (C=O) groups is 1. The number of carboxylic acids is 1. The van der Waals surface area contributed by atoms with Gasteiger partial charge in [0.1, 0.15) is 0 Å². The smallest absolute Gasteiger partial charge is 0.335 e. The molecule has 1 heterocycles. The second kappa shape index (κ2) is 6.68. The minimum absolute atomic E-state index is 0.321. The van der Waals surface area contributed by atoms with Crippen LogP contribution in [0.4, 0.5) is 0 Å². The highest BCUT2D eigenvalue weighted by Crippen LogP contribution is 2.16. The number of nitrogens with zero attached hydrogens (tertiary/aromatic N) is 1. The Labute approximate surface area is 114 Å². The molecule has 1 saturated heterocycles. The third kappa shape index (κ3) is 4.04. The van der Waals surface area contributed by atoms with Gasteiger partial charge in [-0.25, -0.2) is 4.79 Å². The lowest BCUT2D eigenvalue weighted by Crippen LogP contribution is -2.39. The standard InChI is InChI=1S/C15H21NO3/c1-2-19-14-7-4-8-16(11-14)10-12-5-3-6-13(9-12)15(17)18/h3,5-6,9,14H,2,4,7-8,10-11H2,1H3,(H,17,18). The van der Waals surface area contributed by atoms with Crippen molar-refractivity contribution in [1.29, 1.82) is 0 Å². The van der Waals surface area contributed by atoms with Gasteiger partial charge in [0.15, 0.2) is 0 Å². The number of aromatic carboxylic acids is 1. The summed E-state index contributed by atoms with van der Waals surface area (Å²) in [5, 5.41) is 8.99. The molecule has 104 valence electrons. The second-order valence-corrected chi connectivity index (χ2v) is 4.96. The molecular formula is C15H21NO3. The van der Waals surface area contributed by atoms with Crippen molar-refractivity contribution in [3.05, 3.63) is 35.4 Å². The first-order valence-corrected chi connectivity index (χ1v) is 6.85. The van der Waals surface area contributed by atoms with Gasteiger partial charge in [0.2, 0.25) is 0 Å². The van der Waals surface area contributed by atoms with Crippen molar-refractivity contribution in [1.82, 2.24) is 4.90 Å². The van der Waals surface area contributed by atoms with Gasteiger partial charge in [-0.05, 0) is 44.0 Å². The first kappa shape index (κ1) is 14.0. The lowest BCUT2D eigenvalue weighted by molar-refractivity contribution is 0.00361. The van der Waals surface area contributed by atoms with Crippen molar-refractivity contribution >= 4 is 5.97 Å². The van der Waals surface area contributed by atoms with Crippen LogP contribution >= 0.6 is 0 Å². The van der Waals surface area contributed by atoms with Crippen molar-refractivity contribution in [3.63, 3.8) is 0 Å². The van der Waals surface area contributed by atoms with Gasteiger partial charge < -0.3 is 9.84 Å². The van der Waals surface area contributed by atoms with Crippen LogP contribution in [0.3, 0.4) is 0 Å². The van der Waals surface area contributed by atoms with Crippen molar-refractivity contribution in [2.24, 2.45) is 0 Å². The largest absolute Gasteiger partial charge is 0.478 e. The molecule has 1 atom stereocenters. The highest BCUT2D eigenvalue weighted by molar-refractivity contribution is 5.87. The van der Waals surface area contributed by atoms with Crippen molar-refractivity contribution in [3.8, 4) is 0 Å². The molecule has 4 heteroatoms. The predicted molar refractivity (Wildman–Crippen MR) is 73.3 cm³/mol. The maximum absolute atomic E-state index is 10.9. The molecule has 1 aliphatic heterocycles. The summed E-state index contributed by atoms with van der Waals surface area (Å²) in [6.45, 7) is 5.57. The molecule has 1 aromatic carbocycles. The number of piperidine rings is 1. The molecule has 0 saturated carbocycles. The van der Waals surface area contributed by atoms with E-state index in [0.29, 0.717) is 11.7 Å². The molecular weight excluding hydrogens is 242 g/mol. The Morgan fingerprint density at radius 1 is 1.53 bits per heavy atom. The van der Waals surface area contributed by atoms with E-state index in [-0.39, 0.29) is 0 Å². The lowest BCUT2D eigenvalue weighted by atomic mass is 10.1. The molecule has 0 radical (unpaired) electrons. The average Bonchev–Trinajstić information content (AvgIpc) is 2.40. The number of hydrogen-bond donors (Lipinski definition) is 1. The van der Waals surface area contributed by atoms with Crippen molar-refractivity contribution < 1.29 is 14.6 Å².